The Bertz CT molecular complexity index is 1520. The van der Waals surface area contributed by atoms with E-state index >= 15 is 0 Å². The zero-order valence-electron chi connectivity index (χ0n) is 49.0. The van der Waals surface area contributed by atoms with Crippen LogP contribution in [0.4, 0.5) is 0 Å². The van der Waals surface area contributed by atoms with Crippen molar-refractivity contribution in [3.05, 3.63) is 109 Å². The van der Waals surface area contributed by atoms with Crippen LogP contribution in [0, 0.1) is 0 Å². The fourth-order valence-corrected chi connectivity index (χ4v) is 8.62. The SMILES string of the molecule is CC/C=C\C/C=C\C/C=C\C/C=C\CCCCCCCCCCCCC(=O)OCC(COC(=O)CC/C=C\C/C=C\C/C=C\C/C=C\CC)OC(=O)CCCCCCCCCCC/C=C\CCCCCCCCCC. The van der Waals surface area contributed by atoms with Gasteiger partial charge in [0.1, 0.15) is 13.2 Å². The lowest BCUT2D eigenvalue weighted by molar-refractivity contribution is -0.166. The van der Waals surface area contributed by atoms with Gasteiger partial charge >= 0.3 is 17.9 Å². The predicted octanol–water partition coefficient (Wildman–Crippen LogP) is 21.4. The van der Waals surface area contributed by atoms with Crippen LogP contribution < -0.4 is 0 Å². The fraction of sp³-hybridized carbons (Fsp3) is 0.696. The molecule has 0 aliphatic heterocycles. The number of unbranched alkanes of at least 4 members (excludes halogenated alkanes) is 27. The molecule has 0 rings (SSSR count). The van der Waals surface area contributed by atoms with E-state index in [1.54, 1.807) is 0 Å². The first-order chi connectivity index (χ1) is 37.0. The lowest BCUT2D eigenvalue weighted by atomic mass is 10.0. The second kappa shape index (κ2) is 62.6. The first-order valence-corrected chi connectivity index (χ1v) is 31.4. The summed E-state index contributed by atoms with van der Waals surface area (Å²) >= 11 is 0. The van der Waals surface area contributed by atoms with Gasteiger partial charge in [0.25, 0.3) is 0 Å². The highest BCUT2D eigenvalue weighted by atomic mass is 16.6. The van der Waals surface area contributed by atoms with E-state index in [0.29, 0.717) is 19.3 Å². The number of carbonyl (C=O) groups is 3. The number of ether oxygens (including phenoxy) is 3. The summed E-state index contributed by atoms with van der Waals surface area (Å²) in [6.45, 7) is 6.36. The molecule has 0 saturated carbocycles. The second-order valence-corrected chi connectivity index (χ2v) is 20.5. The van der Waals surface area contributed by atoms with Crippen LogP contribution in [0.15, 0.2) is 109 Å². The number of hydrogen-bond acceptors (Lipinski definition) is 6. The van der Waals surface area contributed by atoms with E-state index in [9.17, 15) is 14.4 Å². The van der Waals surface area contributed by atoms with E-state index in [4.69, 9.17) is 14.2 Å². The second-order valence-electron chi connectivity index (χ2n) is 20.5. The molecule has 1 unspecified atom stereocenters. The Kier molecular flexibility index (Phi) is 59.3. The molecule has 0 saturated heterocycles. The molecule has 0 aliphatic rings. The highest BCUT2D eigenvalue weighted by Gasteiger charge is 2.19. The van der Waals surface area contributed by atoms with Gasteiger partial charge in [-0.15, -0.1) is 0 Å². The van der Waals surface area contributed by atoms with Crippen molar-refractivity contribution in [2.75, 3.05) is 13.2 Å². The quantitative estimate of drug-likeness (QED) is 0.0261. The van der Waals surface area contributed by atoms with E-state index in [1.165, 1.54) is 154 Å². The highest BCUT2D eigenvalue weighted by Crippen LogP contribution is 2.16. The van der Waals surface area contributed by atoms with Crippen LogP contribution in [0.3, 0.4) is 0 Å². The van der Waals surface area contributed by atoms with E-state index in [-0.39, 0.29) is 37.5 Å². The lowest BCUT2D eigenvalue weighted by Crippen LogP contribution is -2.30. The lowest BCUT2D eigenvalue weighted by Gasteiger charge is -2.18. The van der Waals surface area contributed by atoms with Gasteiger partial charge in [0.2, 0.25) is 0 Å². The Morgan fingerprint density at radius 1 is 0.280 bits per heavy atom. The minimum Gasteiger partial charge on any atom is -0.462 e. The van der Waals surface area contributed by atoms with Crippen molar-refractivity contribution >= 4 is 17.9 Å². The molecule has 0 fully saturated rings. The Hall–Kier alpha value is -3.93. The normalized spacial score (nSPS) is 12.8. The van der Waals surface area contributed by atoms with Crippen molar-refractivity contribution in [3.63, 3.8) is 0 Å². The first-order valence-electron chi connectivity index (χ1n) is 31.4. The van der Waals surface area contributed by atoms with Crippen molar-refractivity contribution < 1.29 is 28.6 Å². The maximum absolute atomic E-state index is 12.9. The number of hydrogen-bond donors (Lipinski definition) is 0. The molecule has 6 heteroatoms. The molecule has 6 nitrogen and oxygen atoms in total. The molecule has 1 atom stereocenters. The maximum atomic E-state index is 12.9. The number of carbonyl (C=O) groups excluding carboxylic acids is 3. The van der Waals surface area contributed by atoms with Gasteiger partial charge < -0.3 is 14.2 Å². The van der Waals surface area contributed by atoms with Gasteiger partial charge in [0, 0.05) is 19.3 Å². The number of allylic oxidation sites excluding steroid dienone is 18. The molecule has 0 spiro atoms. The molecule has 428 valence electrons. The van der Waals surface area contributed by atoms with Crippen LogP contribution >= 0.6 is 0 Å². The molecule has 0 N–H and O–H groups in total. The largest absolute Gasteiger partial charge is 0.462 e. The molecule has 0 amide bonds. The van der Waals surface area contributed by atoms with Crippen LogP contribution in [0.1, 0.15) is 290 Å². The van der Waals surface area contributed by atoms with Gasteiger partial charge in [-0.3, -0.25) is 14.4 Å². The molecule has 0 bridgehead atoms. The zero-order valence-corrected chi connectivity index (χ0v) is 49.0. The number of esters is 3. The minimum absolute atomic E-state index is 0.103. The summed E-state index contributed by atoms with van der Waals surface area (Å²) in [6, 6.07) is 0. The van der Waals surface area contributed by atoms with Crippen molar-refractivity contribution in [1.82, 2.24) is 0 Å². The van der Waals surface area contributed by atoms with Crippen LogP contribution in [0.5, 0.6) is 0 Å². The van der Waals surface area contributed by atoms with Crippen molar-refractivity contribution in [1.29, 1.82) is 0 Å². The standard InChI is InChI=1S/C69H116O6/c1-4-7-10-13-16-19-22-25-27-29-31-33-34-36-37-39-41-44-47-50-53-56-59-62-68(71)74-65-66(64-73-67(70)61-58-55-52-49-46-43-24-21-18-15-12-9-6-3)75-69(72)63-60-57-54-51-48-45-42-40-38-35-32-30-28-26-23-20-17-14-11-8-5-2/h7,9-10,12,16,18-19,21,25,27,30-33,43,46,52,55,66H,4-6,8,11,13-15,17,20,22-24,26,28-29,34-42,44-45,47-51,53-54,56-65H2,1-3H3/b10-7-,12-9-,19-16-,21-18-,27-25-,32-30-,33-31-,46-43-,55-52-. The summed E-state index contributed by atoms with van der Waals surface area (Å²) in [4.78, 5) is 38.2. The fourth-order valence-electron chi connectivity index (χ4n) is 8.62. The van der Waals surface area contributed by atoms with E-state index in [0.717, 1.165) is 89.9 Å². The Morgan fingerprint density at radius 2 is 0.547 bits per heavy atom. The minimum atomic E-state index is -0.812. The van der Waals surface area contributed by atoms with Gasteiger partial charge in [-0.05, 0) is 109 Å². The molecular weight excluding hydrogens is 925 g/mol. The Morgan fingerprint density at radius 3 is 0.907 bits per heavy atom. The topological polar surface area (TPSA) is 78.9 Å². The van der Waals surface area contributed by atoms with E-state index in [1.807, 2.05) is 6.08 Å². The average molecular weight is 1040 g/mol. The summed E-state index contributed by atoms with van der Waals surface area (Å²) < 4.78 is 16.8. The van der Waals surface area contributed by atoms with Crippen LogP contribution in [0.2, 0.25) is 0 Å². The Balaban J connectivity index is 4.38. The highest BCUT2D eigenvalue weighted by molar-refractivity contribution is 5.71. The summed E-state index contributed by atoms with van der Waals surface area (Å²) in [5.74, 6) is -0.988. The Labute approximate surface area is 463 Å². The van der Waals surface area contributed by atoms with Crippen molar-refractivity contribution in [2.45, 2.75) is 297 Å². The summed E-state index contributed by atoms with van der Waals surface area (Å²) in [5.41, 5.74) is 0. The average Bonchev–Trinajstić information content (AvgIpc) is 3.41. The van der Waals surface area contributed by atoms with Gasteiger partial charge in [-0.2, -0.15) is 0 Å². The molecule has 75 heavy (non-hydrogen) atoms. The summed E-state index contributed by atoms with van der Waals surface area (Å²) in [5, 5.41) is 0. The van der Waals surface area contributed by atoms with Gasteiger partial charge in [0.05, 0.1) is 0 Å². The molecule has 0 heterocycles. The van der Waals surface area contributed by atoms with Gasteiger partial charge in [-0.25, -0.2) is 0 Å². The van der Waals surface area contributed by atoms with Crippen LogP contribution in [0.25, 0.3) is 0 Å². The van der Waals surface area contributed by atoms with Gasteiger partial charge in [0.15, 0.2) is 6.10 Å². The van der Waals surface area contributed by atoms with Crippen LogP contribution in [-0.4, -0.2) is 37.2 Å². The molecule has 0 aromatic carbocycles. The molecule has 0 aliphatic carbocycles. The molecule has 0 aromatic heterocycles. The third-order valence-corrected chi connectivity index (χ3v) is 13.3. The smallest absolute Gasteiger partial charge is 0.306 e. The van der Waals surface area contributed by atoms with Crippen molar-refractivity contribution in [2.24, 2.45) is 0 Å². The third-order valence-electron chi connectivity index (χ3n) is 13.3. The predicted molar refractivity (Wildman–Crippen MR) is 325 cm³/mol. The van der Waals surface area contributed by atoms with E-state index in [2.05, 4.69) is 124 Å². The van der Waals surface area contributed by atoms with Crippen LogP contribution in [-0.2, 0) is 28.6 Å². The van der Waals surface area contributed by atoms with Crippen molar-refractivity contribution in [3.8, 4) is 0 Å². The first kappa shape index (κ1) is 71.1. The zero-order chi connectivity index (χ0) is 54.3. The molecular formula is C69H116O6. The summed E-state index contributed by atoms with van der Waals surface area (Å²) in [7, 11) is 0. The van der Waals surface area contributed by atoms with E-state index < -0.39 is 6.10 Å². The van der Waals surface area contributed by atoms with Gasteiger partial charge in [-0.1, -0.05) is 271 Å². The maximum Gasteiger partial charge on any atom is 0.306 e. The third kappa shape index (κ3) is 60.8. The monoisotopic (exact) mass is 1040 g/mol. The molecule has 0 radical (unpaired) electrons. The summed E-state index contributed by atoms with van der Waals surface area (Å²) in [6.07, 6.45) is 85.4. The number of rotatable bonds is 56. The molecule has 0 aromatic rings.